The molecule has 1 aliphatic rings. The minimum absolute atomic E-state index is 0.0200. The van der Waals surface area contributed by atoms with Gasteiger partial charge in [-0.15, -0.1) is 0 Å². The third kappa shape index (κ3) is 3.53. The van der Waals surface area contributed by atoms with Gasteiger partial charge in [0.2, 0.25) is 11.8 Å². The Morgan fingerprint density at radius 1 is 1.17 bits per heavy atom. The Hall–Kier alpha value is -3.41. The SMILES string of the molecule is Cc1ccc(CN2CC(c3noc(Cc4c[nH]c5ccccc45)n3)CC2=O)cc1. The zero-order valence-electron chi connectivity index (χ0n) is 16.3. The summed E-state index contributed by atoms with van der Waals surface area (Å²) in [6.07, 6.45) is 2.99. The number of aromatic amines is 1. The topological polar surface area (TPSA) is 75.0 Å². The molecule has 0 bridgehead atoms. The Balaban J connectivity index is 1.28. The molecule has 6 nitrogen and oxygen atoms in total. The first-order chi connectivity index (χ1) is 14.2. The lowest BCUT2D eigenvalue weighted by Gasteiger charge is -2.16. The molecule has 1 unspecified atom stereocenters. The molecule has 0 saturated carbocycles. The molecular weight excluding hydrogens is 364 g/mol. The number of benzene rings is 2. The smallest absolute Gasteiger partial charge is 0.231 e. The Morgan fingerprint density at radius 2 is 2.00 bits per heavy atom. The van der Waals surface area contributed by atoms with Gasteiger partial charge in [0.05, 0.1) is 6.42 Å². The van der Waals surface area contributed by atoms with Gasteiger partial charge in [0.1, 0.15) is 0 Å². The number of aryl methyl sites for hydroxylation is 1. The zero-order chi connectivity index (χ0) is 19.8. The summed E-state index contributed by atoms with van der Waals surface area (Å²) in [5.41, 5.74) is 4.57. The number of nitrogens with zero attached hydrogens (tertiary/aromatic N) is 3. The number of carbonyl (C=O) groups excluding carboxylic acids is 1. The Bertz CT molecular complexity index is 1160. The fraction of sp³-hybridized carbons (Fsp3) is 0.261. The van der Waals surface area contributed by atoms with Gasteiger partial charge in [-0.1, -0.05) is 53.2 Å². The van der Waals surface area contributed by atoms with Gasteiger partial charge >= 0.3 is 0 Å². The molecule has 1 N–H and O–H groups in total. The van der Waals surface area contributed by atoms with E-state index in [2.05, 4.69) is 52.4 Å². The van der Waals surface area contributed by atoms with E-state index in [1.165, 1.54) is 5.56 Å². The number of nitrogens with one attached hydrogen (secondary N) is 1. The average molecular weight is 386 g/mol. The van der Waals surface area contributed by atoms with Crippen molar-refractivity contribution in [1.29, 1.82) is 0 Å². The lowest BCUT2D eigenvalue weighted by Crippen LogP contribution is -2.24. The molecule has 0 aliphatic carbocycles. The van der Waals surface area contributed by atoms with Crippen molar-refractivity contribution in [3.8, 4) is 0 Å². The molecule has 1 atom stereocenters. The van der Waals surface area contributed by atoms with Gasteiger partial charge in [0, 0.05) is 42.5 Å². The van der Waals surface area contributed by atoms with E-state index in [0.29, 0.717) is 37.6 Å². The number of para-hydroxylation sites is 1. The number of likely N-dealkylation sites (tertiary alicyclic amines) is 1. The van der Waals surface area contributed by atoms with E-state index in [-0.39, 0.29) is 11.8 Å². The summed E-state index contributed by atoms with van der Waals surface area (Å²) in [5, 5.41) is 5.33. The Kier molecular flexibility index (Phi) is 4.39. The summed E-state index contributed by atoms with van der Waals surface area (Å²) in [6, 6.07) is 16.4. The molecule has 0 spiro atoms. The Morgan fingerprint density at radius 3 is 2.86 bits per heavy atom. The molecule has 0 radical (unpaired) electrons. The molecule has 1 saturated heterocycles. The number of hydrogen-bond acceptors (Lipinski definition) is 4. The van der Waals surface area contributed by atoms with Crippen molar-refractivity contribution in [2.75, 3.05) is 6.54 Å². The molecule has 6 heteroatoms. The second kappa shape index (κ2) is 7.20. The summed E-state index contributed by atoms with van der Waals surface area (Å²) < 4.78 is 5.50. The predicted octanol–water partition coefficient (Wildman–Crippen LogP) is 3.97. The van der Waals surface area contributed by atoms with Crippen LogP contribution in [0.25, 0.3) is 10.9 Å². The lowest BCUT2D eigenvalue weighted by molar-refractivity contribution is -0.128. The predicted molar refractivity (Wildman–Crippen MR) is 109 cm³/mol. The molecule has 29 heavy (non-hydrogen) atoms. The molecule has 3 heterocycles. The molecule has 4 aromatic rings. The molecule has 1 aliphatic heterocycles. The highest BCUT2D eigenvalue weighted by molar-refractivity contribution is 5.83. The van der Waals surface area contributed by atoms with Crippen molar-refractivity contribution in [2.45, 2.75) is 32.2 Å². The van der Waals surface area contributed by atoms with Crippen LogP contribution in [-0.2, 0) is 17.8 Å². The van der Waals surface area contributed by atoms with E-state index >= 15 is 0 Å². The highest BCUT2D eigenvalue weighted by Gasteiger charge is 2.33. The normalized spacial score (nSPS) is 16.8. The van der Waals surface area contributed by atoms with Crippen LogP contribution >= 0.6 is 0 Å². The summed E-state index contributed by atoms with van der Waals surface area (Å²) in [7, 11) is 0. The minimum Gasteiger partial charge on any atom is -0.361 e. The van der Waals surface area contributed by atoms with Crippen LogP contribution < -0.4 is 0 Å². The molecule has 1 amide bonds. The number of fused-ring (bicyclic) bond motifs is 1. The highest BCUT2D eigenvalue weighted by Crippen LogP contribution is 2.28. The van der Waals surface area contributed by atoms with E-state index in [9.17, 15) is 4.79 Å². The van der Waals surface area contributed by atoms with Gasteiger partial charge in [0.25, 0.3) is 0 Å². The summed E-state index contributed by atoms with van der Waals surface area (Å²) >= 11 is 0. The number of hydrogen-bond donors (Lipinski definition) is 1. The number of rotatable bonds is 5. The van der Waals surface area contributed by atoms with Crippen LogP contribution in [0.15, 0.2) is 59.3 Å². The van der Waals surface area contributed by atoms with Crippen LogP contribution in [0.2, 0.25) is 0 Å². The van der Waals surface area contributed by atoms with Crippen LogP contribution in [0.5, 0.6) is 0 Å². The van der Waals surface area contributed by atoms with Crippen LogP contribution in [0.3, 0.4) is 0 Å². The maximum atomic E-state index is 12.5. The van der Waals surface area contributed by atoms with Crippen LogP contribution in [0.1, 0.15) is 40.7 Å². The van der Waals surface area contributed by atoms with Crippen molar-refractivity contribution in [3.05, 3.63) is 83.1 Å². The zero-order valence-corrected chi connectivity index (χ0v) is 16.3. The maximum Gasteiger partial charge on any atom is 0.231 e. The molecular formula is C23H22N4O2. The van der Waals surface area contributed by atoms with E-state index in [1.807, 2.05) is 29.3 Å². The first-order valence-corrected chi connectivity index (χ1v) is 9.86. The second-order valence-corrected chi connectivity index (χ2v) is 7.74. The van der Waals surface area contributed by atoms with Gasteiger partial charge in [-0.25, -0.2) is 0 Å². The van der Waals surface area contributed by atoms with Gasteiger partial charge in [0.15, 0.2) is 5.82 Å². The maximum absolute atomic E-state index is 12.5. The van der Waals surface area contributed by atoms with Crippen molar-refractivity contribution < 1.29 is 9.32 Å². The van der Waals surface area contributed by atoms with E-state index in [1.54, 1.807) is 0 Å². The second-order valence-electron chi connectivity index (χ2n) is 7.74. The van der Waals surface area contributed by atoms with Gasteiger partial charge in [-0.2, -0.15) is 4.98 Å². The highest BCUT2D eigenvalue weighted by atomic mass is 16.5. The summed E-state index contributed by atoms with van der Waals surface area (Å²) in [4.78, 5) is 22.2. The quantitative estimate of drug-likeness (QED) is 0.563. The third-order valence-corrected chi connectivity index (χ3v) is 5.57. The van der Waals surface area contributed by atoms with E-state index < -0.39 is 0 Å². The first-order valence-electron chi connectivity index (χ1n) is 9.86. The average Bonchev–Trinajstić information content (AvgIpc) is 3.44. The summed E-state index contributed by atoms with van der Waals surface area (Å²) in [5.74, 6) is 1.32. The van der Waals surface area contributed by atoms with Gasteiger partial charge < -0.3 is 14.4 Å². The van der Waals surface area contributed by atoms with Crippen molar-refractivity contribution in [2.24, 2.45) is 0 Å². The lowest BCUT2D eigenvalue weighted by atomic mass is 10.1. The molecule has 2 aromatic heterocycles. The molecule has 1 fully saturated rings. The van der Waals surface area contributed by atoms with Gasteiger partial charge in [-0.3, -0.25) is 4.79 Å². The first kappa shape index (κ1) is 17.7. The molecule has 5 rings (SSSR count). The number of H-pyrrole nitrogens is 1. The van der Waals surface area contributed by atoms with Crippen LogP contribution in [-0.4, -0.2) is 32.5 Å². The van der Waals surface area contributed by atoms with E-state index in [0.717, 1.165) is 22.0 Å². The fourth-order valence-corrected chi connectivity index (χ4v) is 3.96. The number of carbonyl (C=O) groups is 1. The van der Waals surface area contributed by atoms with Crippen LogP contribution in [0.4, 0.5) is 0 Å². The monoisotopic (exact) mass is 386 g/mol. The van der Waals surface area contributed by atoms with Gasteiger partial charge in [-0.05, 0) is 24.1 Å². The Labute approximate surface area is 168 Å². The van der Waals surface area contributed by atoms with Crippen molar-refractivity contribution in [3.63, 3.8) is 0 Å². The third-order valence-electron chi connectivity index (χ3n) is 5.57. The van der Waals surface area contributed by atoms with Crippen LogP contribution in [0, 0.1) is 6.92 Å². The minimum atomic E-state index is -0.0200. The van der Waals surface area contributed by atoms with Crippen molar-refractivity contribution >= 4 is 16.8 Å². The van der Waals surface area contributed by atoms with E-state index in [4.69, 9.17) is 4.52 Å². The molecule has 2 aromatic carbocycles. The summed E-state index contributed by atoms with van der Waals surface area (Å²) in [6.45, 7) is 3.30. The standard InChI is InChI=1S/C23H22N4O2/c1-15-6-8-16(9-7-15)13-27-14-18(11-22(27)28)23-25-21(29-26-23)10-17-12-24-20-5-3-2-4-19(17)20/h2-9,12,18,24H,10-11,13-14H2,1H3. The fourth-order valence-electron chi connectivity index (χ4n) is 3.96. The number of aromatic nitrogens is 3. The number of amides is 1. The largest absolute Gasteiger partial charge is 0.361 e. The molecule has 146 valence electrons. The van der Waals surface area contributed by atoms with Crippen molar-refractivity contribution in [1.82, 2.24) is 20.0 Å².